The molecule has 0 spiro atoms. The Kier molecular flexibility index (Phi) is 7.14. The minimum absolute atomic E-state index is 0.0263. The van der Waals surface area contributed by atoms with E-state index in [1.165, 1.54) is 0 Å². The molecule has 6 N–H and O–H groups in total. The van der Waals surface area contributed by atoms with Gasteiger partial charge in [0.1, 0.15) is 5.82 Å². The lowest BCUT2D eigenvalue weighted by atomic mass is 9.82. The molecule has 0 saturated heterocycles. The molecule has 8 nitrogen and oxygen atoms in total. The maximum Gasteiger partial charge on any atom is 0.289 e. The van der Waals surface area contributed by atoms with Crippen LogP contribution in [0.5, 0.6) is 0 Å². The van der Waals surface area contributed by atoms with Crippen molar-refractivity contribution in [2.45, 2.75) is 91.3 Å². The molecule has 1 aromatic carbocycles. The van der Waals surface area contributed by atoms with Crippen LogP contribution in [0.2, 0.25) is 0 Å². The molecule has 0 aliphatic heterocycles. The van der Waals surface area contributed by atoms with Gasteiger partial charge in [-0.1, -0.05) is 45.2 Å². The van der Waals surface area contributed by atoms with Crippen molar-refractivity contribution in [2.24, 2.45) is 21.9 Å². The molecule has 2 unspecified atom stereocenters. The van der Waals surface area contributed by atoms with Gasteiger partial charge in [-0.25, -0.2) is 15.0 Å². The first kappa shape index (κ1) is 24.7. The number of carbonyl (C=O) groups excluding carboxylic acids is 1. The Hall–Kier alpha value is -2.90. The Labute approximate surface area is 197 Å². The van der Waals surface area contributed by atoms with Crippen molar-refractivity contribution in [3.8, 4) is 0 Å². The molecule has 1 heterocycles. The van der Waals surface area contributed by atoms with Crippen molar-refractivity contribution in [1.82, 2.24) is 15.3 Å². The molecule has 3 rings (SSSR count). The fourth-order valence-corrected chi connectivity index (χ4v) is 4.99. The SMILES string of the molecule is Cc1ccc2nc(C(=O)NC(C)(C)CC(C)(C)C)nc(NC3CCCCC3N=C(N)N)c2c1. The van der Waals surface area contributed by atoms with Crippen LogP contribution in [0.15, 0.2) is 23.2 Å². The smallest absolute Gasteiger partial charge is 0.289 e. The minimum atomic E-state index is -0.393. The van der Waals surface area contributed by atoms with Crippen LogP contribution >= 0.6 is 0 Å². The highest BCUT2D eigenvalue weighted by molar-refractivity contribution is 5.97. The van der Waals surface area contributed by atoms with E-state index in [1.807, 2.05) is 39.0 Å². The molecule has 8 heteroatoms. The summed E-state index contributed by atoms with van der Waals surface area (Å²) in [5.41, 5.74) is 12.9. The summed E-state index contributed by atoms with van der Waals surface area (Å²) in [7, 11) is 0. The highest BCUT2D eigenvalue weighted by Gasteiger charge is 2.30. The fraction of sp³-hybridized carbons (Fsp3) is 0.600. The van der Waals surface area contributed by atoms with Gasteiger partial charge in [0.2, 0.25) is 5.82 Å². The van der Waals surface area contributed by atoms with E-state index in [1.54, 1.807) is 0 Å². The first-order valence-corrected chi connectivity index (χ1v) is 11.8. The van der Waals surface area contributed by atoms with Crippen LogP contribution in [0.4, 0.5) is 5.82 Å². The number of hydrogen-bond donors (Lipinski definition) is 4. The van der Waals surface area contributed by atoms with Crippen LogP contribution in [0.25, 0.3) is 10.9 Å². The van der Waals surface area contributed by atoms with Crippen LogP contribution in [0, 0.1) is 12.3 Å². The summed E-state index contributed by atoms with van der Waals surface area (Å²) >= 11 is 0. The van der Waals surface area contributed by atoms with Crippen molar-refractivity contribution < 1.29 is 4.79 Å². The van der Waals surface area contributed by atoms with Gasteiger partial charge >= 0.3 is 0 Å². The van der Waals surface area contributed by atoms with Crippen LogP contribution in [0.1, 0.15) is 82.9 Å². The largest absolute Gasteiger partial charge is 0.370 e. The first-order valence-electron chi connectivity index (χ1n) is 11.8. The van der Waals surface area contributed by atoms with Gasteiger partial charge in [-0.15, -0.1) is 0 Å². The van der Waals surface area contributed by atoms with E-state index < -0.39 is 5.54 Å². The number of carbonyl (C=O) groups is 1. The zero-order valence-corrected chi connectivity index (χ0v) is 20.8. The maximum absolute atomic E-state index is 13.2. The predicted octanol–water partition coefficient (Wildman–Crippen LogP) is 3.88. The molecule has 1 aliphatic carbocycles. The van der Waals surface area contributed by atoms with E-state index >= 15 is 0 Å². The third-order valence-electron chi connectivity index (χ3n) is 5.85. The summed E-state index contributed by atoms with van der Waals surface area (Å²) in [5, 5.41) is 7.56. The highest BCUT2D eigenvalue weighted by atomic mass is 16.2. The van der Waals surface area contributed by atoms with Crippen LogP contribution < -0.4 is 22.1 Å². The second-order valence-electron chi connectivity index (χ2n) is 11.1. The topological polar surface area (TPSA) is 131 Å². The van der Waals surface area contributed by atoms with Gasteiger partial charge in [-0.05, 0) is 57.6 Å². The lowest BCUT2D eigenvalue weighted by Crippen LogP contribution is -2.46. The predicted molar refractivity (Wildman–Crippen MR) is 135 cm³/mol. The number of aromatic nitrogens is 2. The summed E-state index contributed by atoms with van der Waals surface area (Å²) in [4.78, 5) is 26.9. The third kappa shape index (κ3) is 6.79. The van der Waals surface area contributed by atoms with Crippen molar-refractivity contribution in [2.75, 3.05) is 5.32 Å². The van der Waals surface area contributed by atoms with Gasteiger partial charge in [0.25, 0.3) is 5.91 Å². The first-order chi connectivity index (χ1) is 15.3. The second kappa shape index (κ2) is 9.53. The monoisotopic (exact) mass is 453 g/mol. The van der Waals surface area contributed by atoms with Crippen LogP contribution in [-0.4, -0.2) is 39.5 Å². The van der Waals surface area contributed by atoms with E-state index in [9.17, 15) is 4.79 Å². The zero-order valence-electron chi connectivity index (χ0n) is 20.8. The fourth-order valence-electron chi connectivity index (χ4n) is 4.99. The Morgan fingerprint density at radius 1 is 1.12 bits per heavy atom. The minimum Gasteiger partial charge on any atom is -0.370 e. The molecular formula is C25H39N7O. The molecule has 1 amide bonds. The van der Waals surface area contributed by atoms with E-state index in [-0.39, 0.29) is 35.2 Å². The van der Waals surface area contributed by atoms with E-state index in [0.717, 1.165) is 48.6 Å². The highest BCUT2D eigenvalue weighted by Crippen LogP contribution is 2.29. The van der Waals surface area contributed by atoms with Crippen LogP contribution in [-0.2, 0) is 0 Å². The lowest BCUT2D eigenvalue weighted by Gasteiger charge is -2.33. The van der Waals surface area contributed by atoms with Gasteiger partial charge in [0.15, 0.2) is 5.96 Å². The summed E-state index contributed by atoms with van der Waals surface area (Å²) in [6.45, 7) is 12.6. The quantitative estimate of drug-likeness (QED) is 0.388. The lowest BCUT2D eigenvalue weighted by molar-refractivity contribution is 0.0881. The number of aryl methyl sites for hydroxylation is 1. The van der Waals surface area contributed by atoms with Gasteiger partial charge in [-0.2, -0.15) is 0 Å². The van der Waals surface area contributed by atoms with E-state index in [2.05, 4.69) is 46.4 Å². The number of hydrogen-bond acceptors (Lipinski definition) is 5. The number of aliphatic imine (C=N–C) groups is 1. The number of anilines is 1. The van der Waals surface area contributed by atoms with Gasteiger partial charge in [-0.3, -0.25) is 4.79 Å². The van der Waals surface area contributed by atoms with E-state index in [4.69, 9.17) is 11.5 Å². The number of benzene rings is 1. The van der Waals surface area contributed by atoms with Crippen molar-refractivity contribution >= 4 is 28.6 Å². The Balaban J connectivity index is 1.96. The molecule has 33 heavy (non-hydrogen) atoms. The molecule has 0 bridgehead atoms. The normalized spacial score (nSPS) is 19.2. The van der Waals surface area contributed by atoms with Crippen molar-refractivity contribution in [3.63, 3.8) is 0 Å². The number of guanidine groups is 1. The molecule has 1 saturated carbocycles. The number of nitrogens with two attached hydrogens (primary N) is 2. The maximum atomic E-state index is 13.2. The summed E-state index contributed by atoms with van der Waals surface area (Å²) < 4.78 is 0. The molecule has 2 atom stereocenters. The van der Waals surface area contributed by atoms with Gasteiger partial charge < -0.3 is 22.1 Å². The number of rotatable bonds is 6. The molecule has 180 valence electrons. The van der Waals surface area contributed by atoms with Crippen molar-refractivity contribution in [1.29, 1.82) is 0 Å². The van der Waals surface area contributed by atoms with Gasteiger partial charge in [0, 0.05) is 10.9 Å². The average Bonchev–Trinajstić information content (AvgIpc) is 2.67. The average molecular weight is 454 g/mol. The Morgan fingerprint density at radius 2 is 1.82 bits per heavy atom. The molecule has 2 aromatic rings. The summed E-state index contributed by atoms with van der Waals surface area (Å²) in [6.07, 6.45) is 4.83. The Bertz CT molecular complexity index is 1030. The summed E-state index contributed by atoms with van der Waals surface area (Å²) in [6, 6.07) is 5.98. The van der Waals surface area contributed by atoms with Crippen molar-refractivity contribution in [3.05, 3.63) is 29.6 Å². The Morgan fingerprint density at radius 3 is 2.48 bits per heavy atom. The zero-order chi connectivity index (χ0) is 24.4. The molecule has 1 aromatic heterocycles. The molecule has 1 fully saturated rings. The third-order valence-corrected chi connectivity index (χ3v) is 5.85. The molecule has 0 radical (unpaired) electrons. The molecule has 1 aliphatic rings. The number of nitrogens with one attached hydrogen (secondary N) is 2. The second-order valence-corrected chi connectivity index (χ2v) is 11.1. The van der Waals surface area contributed by atoms with Crippen LogP contribution in [0.3, 0.4) is 0 Å². The van der Waals surface area contributed by atoms with E-state index in [0.29, 0.717) is 5.82 Å². The van der Waals surface area contributed by atoms with Gasteiger partial charge in [0.05, 0.1) is 17.6 Å². The number of amides is 1. The number of fused-ring (bicyclic) bond motifs is 1. The number of nitrogens with zero attached hydrogens (tertiary/aromatic N) is 3. The molecular weight excluding hydrogens is 414 g/mol. The summed E-state index contributed by atoms with van der Waals surface area (Å²) in [5.74, 6) is 0.618. The standard InChI is InChI=1S/C25H39N7O/c1-15-11-12-17-16(13-15)20(29-18-9-7-8-10-19(18)30-23(26)27)31-21(28-17)22(33)32-25(5,6)14-24(2,3)4/h11-13,18-19H,7-10,14H2,1-6H3,(H,32,33)(H4,26,27,30)(H,28,29,31).